The van der Waals surface area contributed by atoms with Gasteiger partial charge in [-0.15, -0.1) is 0 Å². The van der Waals surface area contributed by atoms with Crippen LogP contribution in [0.3, 0.4) is 0 Å². The van der Waals surface area contributed by atoms with Gasteiger partial charge < -0.3 is 9.84 Å². The summed E-state index contributed by atoms with van der Waals surface area (Å²) in [7, 11) is 0. The fourth-order valence-corrected chi connectivity index (χ4v) is 1.63. The first kappa shape index (κ1) is 14.4. The maximum absolute atomic E-state index is 12.0. The van der Waals surface area contributed by atoms with Crippen molar-refractivity contribution in [2.75, 3.05) is 11.5 Å². The number of hydrogen-bond acceptors (Lipinski definition) is 3. The molecule has 0 aliphatic heterocycles. The molecule has 4 heteroatoms. The van der Waals surface area contributed by atoms with E-state index in [-0.39, 0.29) is 17.9 Å². The second-order valence-electron chi connectivity index (χ2n) is 4.45. The van der Waals surface area contributed by atoms with Gasteiger partial charge in [0.05, 0.1) is 12.3 Å². The zero-order valence-corrected chi connectivity index (χ0v) is 11.2. The fourth-order valence-electron chi connectivity index (χ4n) is 1.63. The van der Waals surface area contributed by atoms with Crippen LogP contribution < -0.4 is 4.90 Å². The Bertz CT molecular complexity index is 390. The van der Waals surface area contributed by atoms with E-state index in [9.17, 15) is 9.90 Å². The van der Waals surface area contributed by atoms with Crippen molar-refractivity contribution in [2.45, 2.75) is 39.7 Å². The molecule has 1 rings (SSSR count). The number of carbonyl (C=O) groups is 1. The monoisotopic (exact) mass is 251 g/mol. The highest BCUT2D eigenvalue weighted by Crippen LogP contribution is 2.22. The highest BCUT2D eigenvalue weighted by molar-refractivity contribution is 5.88. The van der Waals surface area contributed by atoms with E-state index in [2.05, 4.69) is 0 Å². The van der Waals surface area contributed by atoms with Gasteiger partial charge in [0.15, 0.2) is 0 Å². The molecular formula is C14H21NO3. The Morgan fingerprint density at radius 3 is 2.72 bits per heavy atom. The Balaban J connectivity index is 2.79. The second-order valence-corrected chi connectivity index (χ2v) is 4.45. The normalized spacial score (nSPS) is 10.4. The van der Waals surface area contributed by atoms with Crippen LogP contribution in [0.15, 0.2) is 24.3 Å². The van der Waals surface area contributed by atoms with Crippen molar-refractivity contribution >= 4 is 11.8 Å². The smallest absolute Gasteiger partial charge is 0.414 e. The molecule has 0 saturated heterocycles. The minimum atomic E-state index is -0.371. The number of phenols is 1. The molecule has 0 spiro atoms. The first-order valence-corrected chi connectivity index (χ1v) is 6.31. The number of phenolic OH excluding ortho intramolecular Hbond substituents is 1. The Labute approximate surface area is 108 Å². The summed E-state index contributed by atoms with van der Waals surface area (Å²) in [6, 6.07) is 6.59. The molecule has 100 valence electrons. The predicted molar refractivity (Wildman–Crippen MR) is 72.0 cm³/mol. The van der Waals surface area contributed by atoms with Crippen LogP contribution in [-0.2, 0) is 4.74 Å². The molecule has 0 saturated carbocycles. The summed E-state index contributed by atoms with van der Waals surface area (Å²) >= 11 is 0. The van der Waals surface area contributed by atoms with Crippen molar-refractivity contribution in [3.05, 3.63) is 24.3 Å². The lowest BCUT2D eigenvalue weighted by Crippen LogP contribution is -2.37. The molecule has 0 radical (unpaired) electrons. The van der Waals surface area contributed by atoms with E-state index in [1.165, 1.54) is 4.90 Å². The fraction of sp³-hybridized carbons (Fsp3) is 0.500. The summed E-state index contributed by atoms with van der Waals surface area (Å²) in [4.78, 5) is 13.5. The van der Waals surface area contributed by atoms with Gasteiger partial charge in [0.1, 0.15) is 5.75 Å². The average Bonchev–Trinajstić information content (AvgIpc) is 2.29. The van der Waals surface area contributed by atoms with Gasteiger partial charge in [0, 0.05) is 12.1 Å². The van der Waals surface area contributed by atoms with E-state index >= 15 is 0 Å². The van der Waals surface area contributed by atoms with Crippen LogP contribution in [0.2, 0.25) is 0 Å². The molecule has 1 aromatic carbocycles. The zero-order valence-electron chi connectivity index (χ0n) is 11.2. The molecule has 0 heterocycles. The van der Waals surface area contributed by atoms with Crippen molar-refractivity contribution in [3.63, 3.8) is 0 Å². The molecule has 0 fully saturated rings. The molecule has 1 amide bonds. The number of anilines is 1. The number of nitrogens with zero attached hydrogens (tertiary/aromatic N) is 1. The molecular weight excluding hydrogens is 230 g/mol. The third kappa shape index (κ3) is 3.95. The van der Waals surface area contributed by atoms with E-state index in [4.69, 9.17) is 4.74 Å². The Kier molecular flexibility index (Phi) is 5.49. The van der Waals surface area contributed by atoms with Gasteiger partial charge in [0.25, 0.3) is 0 Å². The summed E-state index contributed by atoms with van der Waals surface area (Å²) in [6.07, 6.45) is 1.47. The number of aromatic hydroxyl groups is 1. The molecule has 0 atom stereocenters. The lowest BCUT2D eigenvalue weighted by Gasteiger charge is -2.26. The van der Waals surface area contributed by atoms with Crippen LogP contribution >= 0.6 is 0 Å². The van der Waals surface area contributed by atoms with Gasteiger partial charge in [-0.05, 0) is 32.4 Å². The molecule has 0 aliphatic carbocycles. The lowest BCUT2D eigenvalue weighted by atomic mass is 10.2. The summed E-state index contributed by atoms with van der Waals surface area (Å²) in [5, 5.41) is 9.46. The van der Waals surface area contributed by atoms with Crippen LogP contribution in [0.4, 0.5) is 10.5 Å². The van der Waals surface area contributed by atoms with Gasteiger partial charge >= 0.3 is 6.09 Å². The van der Waals surface area contributed by atoms with Crippen LogP contribution in [0.5, 0.6) is 5.75 Å². The molecule has 0 aliphatic rings. The second kappa shape index (κ2) is 6.89. The maximum atomic E-state index is 12.0. The molecule has 0 bridgehead atoms. The molecule has 1 N–H and O–H groups in total. The largest absolute Gasteiger partial charge is 0.508 e. The predicted octanol–water partition coefficient (Wildman–Crippen LogP) is 3.54. The highest BCUT2D eigenvalue weighted by atomic mass is 16.6. The highest BCUT2D eigenvalue weighted by Gasteiger charge is 2.20. The number of benzene rings is 1. The standard InChI is InChI=1S/C14H21NO3/c1-4-5-9-18-14(17)15(11(2)3)12-7-6-8-13(16)10-12/h6-8,10-11,16H,4-5,9H2,1-3H3. The van der Waals surface area contributed by atoms with Gasteiger partial charge in [0.2, 0.25) is 0 Å². The molecule has 1 aromatic rings. The summed E-state index contributed by atoms with van der Waals surface area (Å²) in [5.41, 5.74) is 0.645. The first-order chi connectivity index (χ1) is 8.56. The summed E-state index contributed by atoms with van der Waals surface area (Å²) < 4.78 is 5.21. The minimum Gasteiger partial charge on any atom is -0.508 e. The number of unbranched alkanes of at least 4 members (excludes halogenated alkanes) is 1. The number of carbonyl (C=O) groups excluding carboxylic acids is 1. The van der Waals surface area contributed by atoms with Crippen LogP contribution in [0.1, 0.15) is 33.6 Å². The topological polar surface area (TPSA) is 49.8 Å². The third-order valence-electron chi connectivity index (χ3n) is 2.54. The number of rotatable bonds is 5. The van der Waals surface area contributed by atoms with Crippen LogP contribution in [0.25, 0.3) is 0 Å². The van der Waals surface area contributed by atoms with Crippen molar-refractivity contribution in [2.24, 2.45) is 0 Å². The number of ether oxygens (including phenoxy) is 1. The Morgan fingerprint density at radius 1 is 1.44 bits per heavy atom. The summed E-state index contributed by atoms with van der Waals surface area (Å²) in [5.74, 6) is 0.138. The van der Waals surface area contributed by atoms with Crippen LogP contribution in [0, 0.1) is 0 Å². The Hall–Kier alpha value is -1.71. The third-order valence-corrected chi connectivity index (χ3v) is 2.54. The van der Waals surface area contributed by atoms with Crippen molar-refractivity contribution < 1.29 is 14.6 Å². The molecule has 18 heavy (non-hydrogen) atoms. The van der Waals surface area contributed by atoms with Gasteiger partial charge in [-0.3, -0.25) is 4.90 Å². The number of hydrogen-bond donors (Lipinski definition) is 1. The lowest BCUT2D eigenvalue weighted by molar-refractivity contribution is 0.150. The average molecular weight is 251 g/mol. The maximum Gasteiger partial charge on any atom is 0.414 e. The molecule has 4 nitrogen and oxygen atoms in total. The van der Waals surface area contributed by atoms with Crippen molar-refractivity contribution in [1.29, 1.82) is 0 Å². The Morgan fingerprint density at radius 2 is 2.17 bits per heavy atom. The van der Waals surface area contributed by atoms with E-state index in [1.807, 2.05) is 20.8 Å². The minimum absolute atomic E-state index is 0.0269. The van der Waals surface area contributed by atoms with Gasteiger partial charge in [-0.2, -0.15) is 0 Å². The van der Waals surface area contributed by atoms with Crippen molar-refractivity contribution in [1.82, 2.24) is 0 Å². The van der Waals surface area contributed by atoms with Gasteiger partial charge in [-0.1, -0.05) is 19.4 Å². The van der Waals surface area contributed by atoms with Crippen molar-refractivity contribution in [3.8, 4) is 5.75 Å². The van der Waals surface area contributed by atoms with E-state index in [1.54, 1.807) is 24.3 Å². The van der Waals surface area contributed by atoms with E-state index in [0.717, 1.165) is 12.8 Å². The SMILES string of the molecule is CCCCOC(=O)N(c1cccc(O)c1)C(C)C. The number of amides is 1. The summed E-state index contributed by atoms with van der Waals surface area (Å²) in [6.45, 7) is 6.29. The van der Waals surface area contributed by atoms with Gasteiger partial charge in [-0.25, -0.2) is 4.79 Å². The van der Waals surface area contributed by atoms with E-state index < -0.39 is 0 Å². The first-order valence-electron chi connectivity index (χ1n) is 6.31. The van der Waals surface area contributed by atoms with E-state index in [0.29, 0.717) is 12.3 Å². The quantitative estimate of drug-likeness (QED) is 0.814. The zero-order chi connectivity index (χ0) is 13.5. The molecule has 0 unspecified atom stereocenters. The molecule has 0 aromatic heterocycles. The van der Waals surface area contributed by atoms with Crippen LogP contribution in [-0.4, -0.2) is 23.8 Å².